The summed E-state index contributed by atoms with van der Waals surface area (Å²) in [6.45, 7) is 8.99. The van der Waals surface area contributed by atoms with Crippen LogP contribution in [0.4, 0.5) is 0 Å². The van der Waals surface area contributed by atoms with Gasteiger partial charge in [-0.1, -0.05) is 54.1 Å². The lowest BCUT2D eigenvalue weighted by atomic mass is 9.97. The molecule has 0 fully saturated rings. The summed E-state index contributed by atoms with van der Waals surface area (Å²) >= 11 is 0. The van der Waals surface area contributed by atoms with Crippen LogP contribution in [0.1, 0.15) is 47.5 Å². The van der Waals surface area contributed by atoms with Crippen molar-refractivity contribution < 1.29 is 5.11 Å². The second kappa shape index (κ2) is 7.41. The minimum atomic E-state index is -0.855. The molecular formula is C24H26N4O. The Labute approximate surface area is 171 Å². The second-order valence-corrected chi connectivity index (χ2v) is 8.15. The van der Waals surface area contributed by atoms with Crippen LogP contribution in [-0.4, -0.2) is 33.0 Å². The molecule has 148 valence electrons. The molecule has 29 heavy (non-hydrogen) atoms. The van der Waals surface area contributed by atoms with Crippen LogP contribution in [0.3, 0.4) is 0 Å². The first-order chi connectivity index (χ1) is 13.8. The van der Waals surface area contributed by atoms with E-state index in [0.717, 1.165) is 34.8 Å². The molecule has 0 spiro atoms. The average Bonchev–Trinajstić information content (AvgIpc) is 3.30. The summed E-state index contributed by atoms with van der Waals surface area (Å²) < 4.78 is 2.01. The van der Waals surface area contributed by atoms with E-state index in [9.17, 15) is 5.11 Å². The fourth-order valence-corrected chi connectivity index (χ4v) is 3.35. The van der Waals surface area contributed by atoms with Crippen LogP contribution >= 0.6 is 0 Å². The van der Waals surface area contributed by atoms with Crippen LogP contribution in [0.2, 0.25) is 0 Å². The van der Waals surface area contributed by atoms with E-state index < -0.39 is 5.60 Å². The molecule has 1 aromatic heterocycles. The van der Waals surface area contributed by atoms with E-state index in [-0.39, 0.29) is 0 Å². The Morgan fingerprint density at radius 1 is 1.00 bits per heavy atom. The lowest BCUT2D eigenvalue weighted by molar-refractivity contribution is 0.0786. The number of aromatic nitrogens is 2. The van der Waals surface area contributed by atoms with Crippen LogP contribution in [-0.2, 0) is 12.1 Å². The zero-order chi connectivity index (χ0) is 20.6. The summed E-state index contributed by atoms with van der Waals surface area (Å²) in [6, 6.07) is 18.4. The van der Waals surface area contributed by atoms with Crippen LogP contribution in [0.15, 0.2) is 64.6 Å². The van der Waals surface area contributed by atoms with Crippen LogP contribution in [0, 0.1) is 13.8 Å². The lowest BCUT2D eigenvalue weighted by Crippen LogP contribution is -2.15. The first-order valence-electron chi connectivity index (χ1n) is 9.85. The molecule has 5 nitrogen and oxygen atoms in total. The third-order valence-electron chi connectivity index (χ3n) is 5.20. The zero-order valence-electron chi connectivity index (χ0n) is 17.3. The maximum atomic E-state index is 10.1. The maximum absolute atomic E-state index is 10.1. The maximum Gasteiger partial charge on any atom is 0.155 e. The Hall–Kier alpha value is -3.05. The Bertz CT molecular complexity index is 1080. The van der Waals surface area contributed by atoms with Crippen molar-refractivity contribution >= 4 is 11.5 Å². The van der Waals surface area contributed by atoms with Gasteiger partial charge in [-0.05, 0) is 44.9 Å². The topological polar surface area (TPSA) is 62.8 Å². The highest BCUT2D eigenvalue weighted by atomic mass is 16.3. The molecule has 0 aliphatic carbocycles. The van der Waals surface area contributed by atoms with Crippen molar-refractivity contribution in [2.45, 2.75) is 39.8 Å². The van der Waals surface area contributed by atoms with Crippen LogP contribution < -0.4 is 0 Å². The summed E-state index contributed by atoms with van der Waals surface area (Å²) in [5, 5.41) is 14.9. The van der Waals surface area contributed by atoms with Gasteiger partial charge in [-0.15, -0.1) is 0 Å². The van der Waals surface area contributed by atoms with Gasteiger partial charge in [0.1, 0.15) is 5.69 Å². The largest absolute Gasteiger partial charge is 0.386 e. The number of amidine groups is 1. The van der Waals surface area contributed by atoms with Crippen molar-refractivity contribution in [1.82, 2.24) is 9.78 Å². The van der Waals surface area contributed by atoms with Gasteiger partial charge in [0.2, 0.25) is 0 Å². The Morgan fingerprint density at radius 2 is 1.69 bits per heavy atom. The van der Waals surface area contributed by atoms with Crippen molar-refractivity contribution in [1.29, 1.82) is 0 Å². The molecule has 0 saturated heterocycles. The third-order valence-corrected chi connectivity index (χ3v) is 5.20. The van der Waals surface area contributed by atoms with E-state index >= 15 is 0 Å². The zero-order valence-corrected chi connectivity index (χ0v) is 17.3. The molecule has 0 atom stereocenters. The third kappa shape index (κ3) is 4.20. The number of benzene rings is 2. The van der Waals surface area contributed by atoms with Crippen LogP contribution in [0.5, 0.6) is 0 Å². The highest BCUT2D eigenvalue weighted by Crippen LogP contribution is 2.21. The summed E-state index contributed by atoms with van der Waals surface area (Å²) in [7, 11) is 0. The summed E-state index contributed by atoms with van der Waals surface area (Å²) in [4.78, 5) is 9.31. The molecule has 2 aromatic carbocycles. The van der Waals surface area contributed by atoms with E-state index in [1.54, 1.807) is 13.8 Å². The second-order valence-electron chi connectivity index (χ2n) is 8.15. The number of rotatable bonds is 5. The quantitative estimate of drug-likeness (QED) is 0.720. The average molecular weight is 386 g/mol. The van der Waals surface area contributed by atoms with Gasteiger partial charge >= 0.3 is 0 Å². The first kappa shape index (κ1) is 19.3. The minimum Gasteiger partial charge on any atom is -0.386 e. The summed E-state index contributed by atoms with van der Waals surface area (Å²) in [5.74, 6) is 0.716. The SMILES string of the molecule is Cc1ccc(Cn2nc(C3=NC(c4ccc(C(C)(C)O)cc4)=NC3)cc2C)cc1. The fourth-order valence-electron chi connectivity index (χ4n) is 3.35. The molecule has 0 bridgehead atoms. The van der Waals surface area contributed by atoms with Gasteiger partial charge in [-0.3, -0.25) is 9.67 Å². The smallest absolute Gasteiger partial charge is 0.155 e. The first-order valence-corrected chi connectivity index (χ1v) is 9.85. The Kier molecular flexibility index (Phi) is 4.92. The van der Waals surface area contributed by atoms with Gasteiger partial charge in [-0.25, -0.2) is 4.99 Å². The van der Waals surface area contributed by atoms with Gasteiger partial charge in [0.25, 0.3) is 0 Å². The van der Waals surface area contributed by atoms with Gasteiger partial charge in [0.15, 0.2) is 5.84 Å². The number of nitrogens with zero attached hydrogens (tertiary/aromatic N) is 4. The standard InChI is InChI=1S/C24H26N4O/c1-16-5-7-18(8-6-16)15-28-17(2)13-21(27-28)22-14-25-23(26-22)19-9-11-20(12-10-19)24(3,4)29/h5-13,29H,14-15H2,1-4H3. The molecule has 0 unspecified atom stereocenters. The van der Waals surface area contributed by atoms with Crippen molar-refractivity contribution in [3.63, 3.8) is 0 Å². The molecule has 5 heteroatoms. The predicted molar refractivity (Wildman–Crippen MR) is 117 cm³/mol. The van der Waals surface area contributed by atoms with E-state index in [4.69, 9.17) is 10.1 Å². The van der Waals surface area contributed by atoms with Gasteiger partial charge in [0, 0.05) is 11.3 Å². The van der Waals surface area contributed by atoms with Gasteiger partial charge < -0.3 is 5.11 Å². The number of aliphatic imine (C=N–C) groups is 2. The molecule has 0 amide bonds. The van der Waals surface area contributed by atoms with Crippen molar-refractivity contribution in [3.8, 4) is 0 Å². The number of aryl methyl sites for hydroxylation is 2. The number of aliphatic hydroxyl groups is 1. The molecule has 0 radical (unpaired) electrons. The normalized spacial score (nSPS) is 14.1. The molecule has 4 rings (SSSR count). The van der Waals surface area contributed by atoms with E-state index in [1.807, 2.05) is 28.9 Å². The van der Waals surface area contributed by atoms with E-state index in [1.165, 1.54) is 11.1 Å². The predicted octanol–water partition coefficient (Wildman–Crippen LogP) is 4.03. The van der Waals surface area contributed by atoms with Gasteiger partial charge in [-0.2, -0.15) is 5.10 Å². The Morgan fingerprint density at radius 3 is 2.34 bits per heavy atom. The van der Waals surface area contributed by atoms with Crippen molar-refractivity contribution in [2.75, 3.05) is 6.54 Å². The van der Waals surface area contributed by atoms with E-state index in [2.05, 4.69) is 49.2 Å². The molecule has 1 aliphatic rings. The van der Waals surface area contributed by atoms with Crippen molar-refractivity contribution in [2.24, 2.45) is 9.98 Å². The highest BCUT2D eigenvalue weighted by molar-refractivity contribution is 6.16. The molecule has 0 saturated carbocycles. The molecule has 1 N–H and O–H groups in total. The summed E-state index contributed by atoms with van der Waals surface area (Å²) in [6.07, 6.45) is 0. The molecule has 1 aliphatic heterocycles. The number of hydrogen-bond donors (Lipinski definition) is 1. The lowest BCUT2D eigenvalue weighted by Gasteiger charge is -2.17. The molecular weight excluding hydrogens is 360 g/mol. The number of hydrogen-bond acceptors (Lipinski definition) is 4. The fraction of sp³-hybridized carbons (Fsp3) is 0.292. The monoisotopic (exact) mass is 386 g/mol. The Balaban J connectivity index is 1.52. The van der Waals surface area contributed by atoms with Gasteiger partial charge in [0.05, 0.1) is 24.4 Å². The highest BCUT2D eigenvalue weighted by Gasteiger charge is 2.19. The van der Waals surface area contributed by atoms with Crippen molar-refractivity contribution in [3.05, 3.63) is 88.2 Å². The molecule has 2 heterocycles. The minimum absolute atomic E-state index is 0.531. The summed E-state index contributed by atoms with van der Waals surface area (Å²) in [5.41, 5.74) is 6.31. The molecule has 3 aromatic rings. The van der Waals surface area contributed by atoms with E-state index in [0.29, 0.717) is 12.4 Å². The van der Waals surface area contributed by atoms with Crippen LogP contribution in [0.25, 0.3) is 0 Å².